The molecule has 20 heavy (non-hydrogen) atoms. The zero-order valence-corrected chi connectivity index (χ0v) is 12.2. The molecule has 1 heterocycles. The third kappa shape index (κ3) is 2.01. The van der Waals surface area contributed by atoms with E-state index in [0.717, 1.165) is 22.3 Å². The third-order valence-corrected chi connectivity index (χ3v) is 3.74. The van der Waals surface area contributed by atoms with E-state index >= 15 is 0 Å². The molecule has 0 atom stereocenters. The number of rotatable bonds is 1. The van der Waals surface area contributed by atoms with Gasteiger partial charge in [-0.2, -0.15) is 5.26 Å². The maximum absolute atomic E-state index is 9.06. The van der Waals surface area contributed by atoms with E-state index in [1.165, 1.54) is 0 Å². The van der Waals surface area contributed by atoms with Crippen molar-refractivity contribution in [3.63, 3.8) is 0 Å². The van der Waals surface area contributed by atoms with Crippen molar-refractivity contribution >= 4 is 34.9 Å². The standard InChI is InChI=1S/C15H10ClN3S/c1-9-2-3-10(8-17)6-13(9)19-14-7-11(16)4-5-12(14)18-15(19)20/h2-7H,1H3,(H,18,20). The van der Waals surface area contributed by atoms with Crippen LogP contribution in [-0.2, 0) is 0 Å². The summed E-state index contributed by atoms with van der Waals surface area (Å²) in [5.74, 6) is 0. The number of hydrogen-bond acceptors (Lipinski definition) is 2. The lowest BCUT2D eigenvalue weighted by Crippen LogP contribution is -1.98. The zero-order valence-electron chi connectivity index (χ0n) is 10.6. The number of fused-ring (bicyclic) bond motifs is 1. The molecule has 3 nitrogen and oxygen atoms in total. The van der Waals surface area contributed by atoms with Crippen molar-refractivity contribution in [2.75, 3.05) is 0 Å². The van der Waals surface area contributed by atoms with Crippen molar-refractivity contribution in [3.8, 4) is 11.8 Å². The van der Waals surface area contributed by atoms with E-state index < -0.39 is 0 Å². The summed E-state index contributed by atoms with van der Waals surface area (Å²) < 4.78 is 2.49. The van der Waals surface area contributed by atoms with Crippen LogP contribution in [0.25, 0.3) is 16.7 Å². The van der Waals surface area contributed by atoms with Crippen molar-refractivity contribution in [1.29, 1.82) is 5.26 Å². The first-order valence-corrected chi connectivity index (χ1v) is 6.80. The van der Waals surface area contributed by atoms with Gasteiger partial charge in [-0.1, -0.05) is 17.7 Å². The van der Waals surface area contributed by atoms with Crippen LogP contribution < -0.4 is 0 Å². The van der Waals surface area contributed by atoms with Gasteiger partial charge < -0.3 is 4.98 Å². The van der Waals surface area contributed by atoms with Gasteiger partial charge in [-0.05, 0) is 55.0 Å². The highest BCUT2D eigenvalue weighted by Gasteiger charge is 2.10. The van der Waals surface area contributed by atoms with Gasteiger partial charge in [0.1, 0.15) is 0 Å². The zero-order chi connectivity index (χ0) is 14.3. The van der Waals surface area contributed by atoms with Crippen molar-refractivity contribution < 1.29 is 0 Å². The maximum atomic E-state index is 9.06. The second-order valence-corrected chi connectivity index (χ2v) is 5.36. The largest absolute Gasteiger partial charge is 0.330 e. The Labute approximate surface area is 126 Å². The van der Waals surface area contributed by atoms with Gasteiger partial charge in [0.15, 0.2) is 4.77 Å². The second-order valence-electron chi connectivity index (χ2n) is 4.54. The van der Waals surface area contributed by atoms with Gasteiger partial charge in [-0.15, -0.1) is 0 Å². The van der Waals surface area contributed by atoms with Gasteiger partial charge in [0, 0.05) is 5.02 Å². The Balaban J connectivity index is 2.40. The number of aryl methyl sites for hydroxylation is 1. The quantitative estimate of drug-likeness (QED) is 0.671. The highest BCUT2D eigenvalue weighted by Crippen LogP contribution is 2.25. The molecular weight excluding hydrogens is 290 g/mol. The molecule has 0 aliphatic heterocycles. The fourth-order valence-corrected chi connectivity index (χ4v) is 2.71. The van der Waals surface area contributed by atoms with E-state index in [9.17, 15) is 0 Å². The molecule has 0 amide bonds. The van der Waals surface area contributed by atoms with Crippen molar-refractivity contribution in [2.24, 2.45) is 0 Å². The Morgan fingerprint density at radius 1 is 1.25 bits per heavy atom. The van der Waals surface area contributed by atoms with Crippen LogP contribution in [0.15, 0.2) is 36.4 Å². The number of nitriles is 1. The Hall–Kier alpha value is -2.09. The van der Waals surface area contributed by atoms with Crippen LogP contribution in [0.3, 0.4) is 0 Å². The van der Waals surface area contributed by atoms with E-state index in [0.29, 0.717) is 15.4 Å². The van der Waals surface area contributed by atoms with Gasteiger partial charge in [-0.3, -0.25) is 4.57 Å². The monoisotopic (exact) mass is 299 g/mol. The molecule has 3 aromatic rings. The summed E-state index contributed by atoms with van der Waals surface area (Å²) in [6, 6.07) is 13.3. The minimum atomic E-state index is 0.584. The molecule has 0 bridgehead atoms. The number of aromatic nitrogens is 2. The Bertz CT molecular complexity index is 915. The number of hydrogen-bond donors (Lipinski definition) is 1. The van der Waals surface area contributed by atoms with Crippen molar-refractivity contribution in [3.05, 3.63) is 57.3 Å². The molecular formula is C15H10ClN3S. The molecule has 0 saturated carbocycles. The lowest BCUT2D eigenvalue weighted by molar-refractivity contribution is 1.05. The molecule has 1 N–H and O–H groups in total. The van der Waals surface area contributed by atoms with Crippen LogP contribution in [-0.4, -0.2) is 9.55 Å². The third-order valence-electron chi connectivity index (χ3n) is 3.22. The van der Waals surface area contributed by atoms with Crippen LogP contribution in [0.2, 0.25) is 5.02 Å². The first-order valence-electron chi connectivity index (χ1n) is 6.01. The summed E-state index contributed by atoms with van der Waals surface area (Å²) in [6.07, 6.45) is 0. The van der Waals surface area contributed by atoms with Gasteiger partial charge >= 0.3 is 0 Å². The Kier molecular flexibility index (Phi) is 3.09. The van der Waals surface area contributed by atoms with Crippen LogP contribution in [0.5, 0.6) is 0 Å². The van der Waals surface area contributed by atoms with E-state index in [-0.39, 0.29) is 0 Å². The summed E-state index contributed by atoms with van der Waals surface area (Å²) in [5, 5.41) is 9.71. The smallest absolute Gasteiger partial charge is 0.182 e. The minimum absolute atomic E-state index is 0.584. The maximum Gasteiger partial charge on any atom is 0.182 e. The average Bonchev–Trinajstić information content (AvgIpc) is 2.75. The van der Waals surface area contributed by atoms with E-state index in [4.69, 9.17) is 29.1 Å². The number of nitrogens with zero attached hydrogens (tertiary/aromatic N) is 2. The van der Waals surface area contributed by atoms with Crippen molar-refractivity contribution in [2.45, 2.75) is 6.92 Å². The predicted octanol–water partition coefficient (Wildman–Crippen LogP) is 4.52. The van der Waals surface area contributed by atoms with Gasteiger partial charge in [0.05, 0.1) is 28.4 Å². The van der Waals surface area contributed by atoms with E-state index in [1.54, 1.807) is 6.07 Å². The number of benzene rings is 2. The molecule has 0 aliphatic carbocycles. The van der Waals surface area contributed by atoms with Crippen LogP contribution in [0.1, 0.15) is 11.1 Å². The van der Waals surface area contributed by atoms with Crippen LogP contribution in [0, 0.1) is 23.0 Å². The first-order chi connectivity index (χ1) is 9.60. The fraction of sp³-hybridized carbons (Fsp3) is 0.0667. The van der Waals surface area contributed by atoms with E-state index in [2.05, 4.69) is 11.1 Å². The molecule has 0 fully saturated rings. The molecule has 2 aromatic carbocycles. The molecule has 0 radical (unpaired) electrons. The van der Waals surface area contributed by atoms with Gasteiger partial charge in [0.2, 0.25) is 0 Å². The Morgan fingerprint density at radius 3 is 2.80 bits per heavy atom. The van der Waals surface area contributed by atoms with Gasteiger partial charge in [-0.25, -0.2) is 0 Å². The highest BCUT2D eigenvalue weighted by molar-refractivity contribution is 7.71. The number of nitrogens with one attached hydrogen (secondary N) is 1. The minimum Gasteiger partial charge on any atom is -0.330 e. The fourth-order valence-electron chi connectivity index (χ4n) is 2.24. The number of aromatic amines is 1. The first kappa shape index (κ1) is 12.9. The number of halogens is 1. The lowest BCUT2D eigenvalue weighted by atomic mass is 10.1. The molecule has 1 aromatic heterocycles. The highest BCUT2D eigenvalue weighted by atomic mass is 35.5. The summed E-state index contributed by atoms with van der Waals surface area (Å²) in [6.45, 7) is 1.99. The average molecular weight is 300 g/mol. The molecule has 0 saturated heterocycles. The predicted molar refractivity (Wildman–Crippen MR) is 82.9 cm³/mol. The van der Waals surface area contributed by atoms with Crippen molar-refractivity contribution in [1.82, 2.24) is 9.55 Å². The van der Waals surface area contributed by atoms with Crippen LogP contribution >= 0.6 is 23.8 Å². The summed E-state index contributed by atoms with van der Waals surface area (Å²) in [4.78, 5) is 3.15. The normalized spacial score (nSPS) is 10.7. The molecule has 0 aliphatic rings. The SMILES string of the molecule is Cc1ccc(C#N)cc1-n1c(=S)[nH]c2ccc(Cl)cc21. The molecule has 0 spiro atoms. The summed E-state index contributed by atoms with van der Waals surface area (Å²) in [5.41, 5.74) is 4.36. The Morgan fingerprint density at radius 2 is 2.05 bits per heavy atom. The number of H-pyrrole nitrogens is 1. The van der Waals surface area contributed by atoms with Crippen LogP contribution in [0.4, 0.5) is 0 Å². The topological polar surface area (TPSA) is 44.5 Å². The summed E-state index contributed by atoms with van der Waals surface area (Å²) in [7, 11) is 0. The molecule has 98 valence electrons. The molecule has 3 rings (SSSR count). The summed E-state index contributed by atoms with van der Waals surface area (Å²) >= 11 is 11.5. The lowest BCUT2D eigenvalue weighted by Gasteiger charge is -2.09. The number of imidazole rings is 1. The van der Waals surface area contributed by atoms with Gasteiger partial charge in [0.25, 0.3) is 0 Å². The molecule has 0 unspecified atom stereocenters. The van der Waals surface area contributed by atoms with E-state index in [1.807, 2.05) is 41.8 Å². The second kappa shape index (κ2) is 4.78. The molecule has 5 heteroatoms.